The van der Waals surface area contributed by atoms with Gasteiger partial charge in [-0.05, 0) is 12.1 Å². The summed E-state index contributed by atoms with van der Waals surface area (Å²) in [5.74, 6) is 0.900. The van der Waals surface area contributed by atoms with Gasteiger partial charge in [-0.25, -0.2) is 9.78 Å². The molecular formula is C14H14N2O4. The Morgan fingerprint density at radius 2 is 1.95 bits per heavy atom. The molecule has 6 heteroatoms. The molecule has 2 rings (SSSR count). The first kappa shape index (κ1) is 13.7. The van der Waals surface area contributed by atoms with Crippen LogP contribution in [0.4, 0.5) is 5.69 Å². The first-order chi connectivity index (χ1) is 9.63. The Kier molecular flexibility index (Phi) is 4.05. The van der Waals surface area contributed by atoms with E-state index >= 15 is 0 Å². The third-order valence-corrected chi connectivity index (χ3v) is 2.58. The van der Waals surface area contributed by atoms with E-state index in [0.29, 0.717) is 11.5 Å². The van der Waals surface area contributed by atoms with E-state index in [9.17, 15) is 4.79 Å². The number of esters is 1. The second-order valence-corrected chi connectivity index (χ2v) is 3.88. The molecule has 0 radical (unpaired) electrons. The molecule has 0 atom stereocenters. The number of rotatable bonds is 4. The average molecular weight is 274 g/mol. The van der Waals surface area contributed by atoms with Crippen LogP contribution in [-0.4, -0.2) is 25.2 Å². The zero-order chi connectivity index (χ0) is 14.5. The van der Waals surface area contributed by atoms with Gasteiger partial charge in [0.15, 0.2) is 0 Å². The van der Waals surface area contributed by atoms with Crippen molar-refractivity contribution in [2.45, 2.75) is 0 Å². The van der Waals surface area contributed by atoms with Gasteiger partial charge in [0.05, 0.1) is 31.7 Å². The number of nitrogen functional groups attached to an aromatic ring is 1. The predicted octanol–water partition coefficient (Wildman–Crippen LogP) is 2.25. The van der Waals surface area contributed by atoms with Crippen LogP contribution < -0.4 is 15.2 Å². The van der Waals surface area contributed by atoms with Crippen LogP contribution >= 0.6 is 0 Å². The van der Waals surface area contributed by atoms with Crippen molar-refractivity contribution < 1.29 is 19.0 Å². The number of carbonyl (C=O) groups excluding carboxylic acids is 1. The van der Waals surface area contributed by atoms with Crippen molar-refractivity contribution in [1.29, 1.82) is 0 Å². The number of benzene rings is 1. The fraction of sp³-hybridized carbons (Fsp3) is 0.143. The Bertz CT molecular complexity index is 628. The molecule has 1 heterocycles. The molecular weight excluding hydrogens is 260 g/mol. The number of hydrogen-bond donors (Lipinski definition) is 1. The van der Waals surface area contributed by atoms with Crippen molar-refractivity contribution in [1.82, 2.24) is 4.98 Å². The monoisotopic (exact) mass is 274 g/mol. The molecule has 2 aromatic rings. The summed E-state index contributed by atoms with van der Waals surface area (Å²) in [4.78, 5) is 15.5. The molecule has 1 aromatic carbocycles. The largest absolute Gasteiger partial charge is 0.497 e. The molecule has 0 amide bonds. The summed E-state index contributed by atoms with van der Waals surface area (Å²) in [6, 6.07) is 8.46. The SMILES string of the molecule is COC(=O)c1cc(Oc2cccc(OC)c2)ncc1N. The number of hydrogen-bond acceptors (Lipinski definition) is 6. The third kappa shape index (κ3) is 2.97. The van der Waals surface area contributed by atoms with Gasteiger partial charge >= 0.3 is 5.97 Å². The minimum Gasteiger partial charge on any atom is -0.497 e. The molecule has 0 aliphatic rings. The fourth-order valence-electron chi connectivity index (χ4n) is 1.57. The van der Waals surface area contributed by atoms with E-state index < -0.39 is 5.97 Å². The molecule has 0 aliphatic carbocycles. The highest BCUT2D eigenvalue weighted by molar-refractivity contribution is 5.95. The van der Waals surface area contributed by atoms with Gasteiger partial charge in [0.2, 0.25) is 5.88 Å². The van der Waals surface area contributed by atoms with Crippen LogP contribution in [0.25, 0.3) is 0 Å². The topological polar surface area (TPSA) is 83.7 Å². The van der Waals surface area contributed by atoms with Gasteiger partial charge in [0.1, 0.15) is 11.5 Å². The first-order valence-electron chi connectivity index (χ1n) is 5.79. The van der Waals surface area contributed by atoms with Crippen molar-refractivity contribution in [3.63, 3.8) is 0 Å². The zero-order valence-electron chi connectivity index (χ0n) is 11.1. The number of methoxy groups -OCH3 is 2. The Labute approximate surface area is 116 Å². The van der Waals surface area contributed by atoms with Crippen LogP contribution in [0, 0.1) is 0 Å². The van der Waals surface area contributed by atoms with Crippen LogP contribution in [0.3, 0.4) is 0 Å². The second kappa shape index (κ2) is 5.92. The van der Waals surface area contributed by atoms with Gasteiger partial charge < -0.3 is 19.9 Å². The lowest BCUT2D eigenvalue weighted by atomic mass is 10.2. The summed E-state index contributed by atoms with van der Waals surface area (Å²) in [5, 5.41) is 0. The molecule has 0 aliphatic heterocycles. The maximum absolute atomic E-state index is 11.5. The molecule has 2 N–H and O–H groups in total. The lowest BCUT2D eigenvalue weighted by Crippen LogP contribution is -2.06. The Morgan fingerprint density at radius 1 is 1.20 bits per heavy atom. The van der Waals surface area contributed by atoms with Crippen molar-refractivity contribution in [3.05, 3.63) is 42.1 Å². The summed E-state index contributed by atoms with van der Waals surface area (Å²) >= 11 is 0. The number of anilines is 1. The van der Waals surface area contributed by atoms with Crippen molar-refractivity contribution >= 4 is 11.7 Å². The summed E-state index contributed by atoms with van der Waals surface area (Å²) in [5.41, 5.74) is 6.11. The minimum atomic E-state index is -0.541. The van der Waals surface area contributed by atoms with Crippen molar-refractivity contribution in [3.8, 4) is 17.4 Å². The van der Waals surface area contributed by atoms with Crippen LogP contribution in [0.1, 0.15) is 10.4 Å². The fourth-order valence-corrected chi connectivity index (χ4v) is 1.57. The normalized spacial score (nSPS) is 9.90. The Morgan fingerprint density at radius 3 is 2.65 bits per heavy atom. The molecule has 20 heavy (non-hydrogen) atoms. The predicted molar refractivity (Wildman–Crippen MR) is 73.1 cm³/mol. The lowest BCUT2D eigenvalue weighted by Gasteiger charge is -2.08. The highest BCUT2D eigenvalue weighted by Crippen LogP contribution is 2.25. The first-order valence-corrected chi connectivity index (χ1v) is 5.79. The van der Waals surface area contributed by atoms with E-state index in [2.05, 4.69) is 9.72 Å². The number of aromatic nitrogens is 1. The van der Waals surface area contributed by atoms with Gasteiger partial charge in [-0.2, -0.15) is 0 Å². The van der Waals surface area contributed by atoms with E-state index in [1.165, 1.54) is 19.4 Å². The number of carbonyl (C=O) groups is 1. The highest BCUT2D eigenvalue weighted by atomic mass is 16.5. The van der Waals surface area contributed by atoms with Crippen LogP contribution in [0.5, 0.6) is 17.4 Å². The summed E-state index contributed by atoms with van der Waals surface area (Å²) in [6.07, 6.45) is 1.35. The number of ether oxygens (including phenoxy) is 3. The summed E-state index contributed by atoms with van der Waals surface area (Å²) < 4.78 is 15.3. The number of nitrogens with two attached hydrogens (primary N) is 1. The van der Waals surface area contributed by atoms with Crippen LogP contribution in [-0.2, 0) is 4.74 Å². The molecule has 0 spiro atoms. The van der Waals surface area contributed by atoms with E-state index in [0.717, 1.165) is 0 Å². The van der Waals surface area contributed by atoms with E-state index in [1.807, 2.05) is 0 Å². The van der Waals surface area contributed by atoms with Gasteiger partial charge in [0, 0.05) is 12.1 Å². The second-order valence-electron chi connectivity index (χ2n) is 3.88. The highest BCUT2D eigenvalue weighted by Gasteiger charge is 2.12. The smallest absolute Gasteiger partial charge is 0.340 e. The molecule has 0 fully saturated rings. The molecule has 104 valence electrons. The maximum atomic E-state index is 11.5. The lowest BCUT2D eigenvalue weighted by molar-refractivity contribution is 0.0601. The van der Waals surface area contributed by atoms with Crippen LogP contribution in [0.15, 0.2) is 36.5 Å². The molecule has 6 nitrogen and oxygen atoms in total. The molecule has 0 saturated carbocycles. The average Bonchev–Trinajstić information content (AvgIpc) is 2.48. The van der Waals surface area contributed by atoms with Gasteiger partial charge in [-0.1, -0.05) is 6.07 Å². The summed E-state index contributed by atoms with van der Waals surface area (Å²) in [7, 11) is 2.85. The van der Waals surface area contributed by atoms with Crippen LogP contribution in [0.2, 0.25) is 0 Å². The quantitative estimate of drug-likeness (QED) is 0.861. The number of pyridine rings is 1. The van der Waals surface area contributed by atoms with E-state index in [4.69, 9.17) is 15.2 Å². The maximum Gasteiger partial charge on any atom is 0.340 e. The molecule has 0 bridgehead atoms. The Hall–Kier alpha value is -2.76. The number of nitrogens with zero attached hydrogens (tertiary/aromatic N) is 1. The molecule has 0 saturated heterocycles. The van der Waals surface area contributed by atoms with E-state index in [1.54, 1.807) is 31.4 Å². The standard InChI is InChI=1S/C14H14N2O4/c1-18-9-4-3-5-10(6-9)20-13-7-11(14(17)19-2)12(15)8-16-13/h3-8H,15H2,1-2H3. The summed E-state index contributed by atoms with van der Waals surface area (Å²) in [6.45, 7) is 0. The molecule has 0 unspecified atom stereocenters. The van der Waals surface area contributed by atoms with E-state index in [-0.39, 0.29) is 17.1 Å². The van der Waals surface area contributed by atoms with Gasteiger partial charge in [0.25, 0.3) is 0 Å². The van der Waals surface area contributed by atoms with Gasteiger partial charge in [-0.15, -0.1) is 0 Å². The Balaban J connectivity index is 2.27. The van der Waals surface area contributed by atoms with Crippen molar-refractivity contribution in [2.24, 2.45) is 0 Å². The van der Waals surface area contributed by atoms with Crippen molar-refractivity contribution in [2.75, 3.05) is 20.0 Å². The van der Waals surface area contributed by atoms with Gasteiger partial charge in [-0.3, -0.25) is 0 Å². The minimum absolute atomic E-state index is 0.209. The zero-order valence-corrected chi connectivity index (χ0v) is 11.1. The molecule has 1 aromatic heterocycles. The third-order valence-electron chi connectivity index (χ3n) is 2.58.